The maximum absolute atomic E-state index is 12.6. The highest BCUT2D eigenvalue weighted by Crippen LogP contribution is 2.40. The van der Waals surface area contributed by atoms with Gasteiger partial charge in [0.2, 0.25) is 0 Å². The van der Waals surface area contributed by atoms with Crippen molar-refractivity contribution in [1.82, 2.24) is 5.32 Å². The van der Waals surface area contributed by atoms with E-state index in [1.165, 1.54) is 0 Å². The normalized spacial score (nSPS) is 29.4. The Morgan fingerprint density at radius 3 is 2.21 bits per heavy atom. The monoisotopic (exact) mass is 371 g/mol. The van der Waals surface area contributed by atoms with Crippen LogP contribution in [0.4, 0.5) is 13.2 Å². The molecule has 0 unspecified atom stereocenters. The molecule has 0 aromatic rings. The van der Waals surface area contributed by atoms with Crippen LogP contribution in [-0.2, 0) is 9.22 Å². The van der Waals surface area contributed by atoms with Crippen LogP contribution in [0.15, 0.2) is 0 Å². The number of amides is 1. The van der Waals surface area contributed by atoms with E-state index < -0.39 is 51.2 Å². The predicted octanol–water partition coefficient (Wildman–Crippen LogP) is 2.19. The molecule has 24 heavy (non-hydrogen) atoms. The van der Waals surface area contributed by atoms with Gasteiger partial charge in [-0.1, -0.05) is 20.8 Å². The third kappa shape index (κ3) is 5.17. The number of hydrogen-bond donors (Lipinski definition) is 3. The standard InChI is InChI=1S/C15H28F3NO4Si/c1-14(2,3)24(4,5)23-11-7-10(21)6-9(8-20)12(11)19-13(22)15(16,17)18/h9-12,20-21H,6-8H2,1-5H3,(H,19,22)/t9-,10-,11+,12+/m1/s1. The topological polar surface area (TPSA) is 78.8 Å². The Morgan fingerprint density at radius 2 is 1.79 bits per heavy atom. The molecule has 0 saturated heterocycles. The summed E-state index contributed by atoms with van der Waals surface area (Å²) in [6, 6.07) is -0.985. The van der Waals surface area contributed by atoms with Crippen molar-refractivity contribution >= 4 is 14.2 Å². The Hall–Kier alpha value is -0.643. The number of hydrogen-bond acceptors (Lipinski definition) is 4. The zero-order valence-corrected chi connectivity index (χ0v) is 15.8. The summed E-state index contributed by atoms with van der Waals surface area (Å²) in [6.07, 6.45) is -6.30. The third-order valence-electron chi connectivity index (χ3n) is 5.03. The smallest absolute Gasteiger partial charge is 0.412 e. The van der Waals surface area contributed by atoms with Gasteiger partial charge in [-0.15, -0.1) is 0 Å². The van der Waals surface area contributed by atoms with E-state index in [0.717, 1.165) is 0 Å². The summed E-state index contributed by atoms with van der Waals surface area (Å²) >= 11 is 0. The van der Waals surface area contributed by atoms with Gasteiger partial charge in [-0.3, -0.25) is 4.79 Å². The van der Waals surface area contributed by atoms with Crippen molar-refractivity contribution in [3.05, 3.63) is 0 Å². The van der Waals surface area contributed by atoms with E-state index in [-0.39, 0.29) is 17.9 Å². The molecular weight excluding hydrogens is 343 g/mol. The summed E-state index contributed by atoms with van der Waals surface area (Å²) in [5.41, 5.74) is 0. The zero-order chi connectivity index (χ0) is 18.9. The Balaban J connectivity index is 3.04. The molecule has 0 aromatic heterocycles. The van der Waals surface area contributed by atoms with Crippen LogP contribution >= 0.6 is 0 Å². The largest absolute Gasteiger partial charge is 0.471 e. The highest BCUT2D eigenvalue weighted by atomic mass is 28.4. The molecule has 1 rings (SSSR count). The van der Waals surface area contributed by atoms with Crippen LogP contribution < -0.4 is 5.32 Å². The number of nitrogens with one attached hydrogen (secondary N) is 1. The molecule has 5 nitrogen and oxygen atoms in total. The molecule has 3 N–H and O–H groups in total. The first-order valence-electron chi connectivity index (χ1n) is 8.03. The van der Waals surface area contributed by atoms with E-state index in [9.17, 15) is 28.2 Å². The number of carbonyl (C=O) groups excluding carboxylic acids is 1. The van der Waals surface area contributed by atoms with Gasteiger partial charge >= 0.3 is 12.1 Å². The molecule has 0 radical (unpaired) electrons. The van der Waals surface area contributed by atoms with E-state index in [4.69, 9.17) is 4.43 Å². The maximum Gasteiger partial charge on any atom is 0.471 e. The SMILES string of the molecule is CC(C)(C)[Si](C)(C)O[C@H]1C[C@H](O)C[C@H](CO)[C@@H]1NC(=O)C(F)(F)F. The van der Waals surface area contributed by atoms with Gasteiger partial charge in [0, 0.05) is 18.9 Å². The molecule has 142 valence electrons. The van der Waals surface area contributed by atoms with Crippen molar-refractivity contribution in [2.75, 3.05) is 6.61 Å². The van der Waals surface area contributed by atoms with Crippen LogP contribution in [0.2, 0.25) is 18.1 Å². The molecule has 1 aliphatic carbocycles. The maximum atomic E-state index is 12.6. The molecule has 1 fully saturated rings. The van der Waals surface area contributed by atoms with Gasteiger partial charge in [-0.05, 0) is 24.6 Å². The number of halogens is 3. The molecule has 0 aliphatic heterocycles. The molecule has 1 amide bonds. The number of aliphatic hydroxyl groups excluding tert-OH is 2. The first-order chi connectivity index (χ1) is 10.7. The summed E-state index contributed by atoms with van der Waals surface area (Å²) < 4.78 is 44.0. The Bertz CT molecular complexity index is 451. The van der Waals surface area contributed by atoms with Crippen LogP contribution in [0.25, 0.3) is 0 Å². The van der Waals surface area contributed by atoms with Crippen molar-refractivity contribution in [3.63, 3.8) is 0 Å². The minimum atomic E-state index is -5.00. The Kier molecular flexibility index (Phi) is 6.52. The van der Waals surface area contributed by atoms with Crippen molar-refractivity contribution in [2.45, 2.75) is 76.2 Å². The fourth-order valence-corrected chi connectivity index (χ4v) is 3.97. The molecule has 4 atom stereocenters. The van der Waals surface area contributed by atoms with Gasteiger partial charge in [0.25, 0.3) is 0 Å². The van der Waals surface area contributed by atoms with Gasteiger partial charge in [0.15, 0.2) is 8.32 Å². The number of carbonyl (C=O) groups is 1. The molecule has 9 heteroatoms. The lowest BCUT2D eigenvalue weighted by molar-refractivity contribution is -0.176. The van der Waals surface area contributed by atoms with Crippen LogP contribution in [0.3, 0.4) is 0 Å². The minimum absolute atomic E-state index is 0.122. The second kappa shape index (κ2) is 7.31. The lowest BCUT2D eigenvalue weighted by atomic mass is 9.81. The fraction of sp³-hybridized carbons (Fsp3) is 0.933. The molecule has 0 spiro atoms. The van der Waals surface area contributed by atoms with Gasteiger partial charge in [0.05, 0.1) is 18.2 Å². The van der Waals surface area contributed by atoms with E-state index in [2.05, 4.69) is 0 Å². The van der Waals surface area contributed by atoms with Crippen molar-refractivity contribution in [3.8, 4) is 0 Å². The van der Waals surface area contributed by atoms with Crippen LogP contribution in [0.5, 0.6) is 0 Å². The summed E-state index contributed by atoms with van der Waals surface area (Å²) in [7, 11) is -2.33. The van der Waals surface area contributed by atoms with Crippen molar-refractivity contribution in [2.24, 2.45) is 5.92 Å². The van der Waals surface area contributed by atoms with E-state index in [1.807, 2.05) is 39.2 Å². The van der Waals surface area contributed by atoms with Gasteiger partial charge in [-0.25, -0.2) is 0 Å². The van der Waals surface area contributed by atoms with Gasteiger partial charge < -0.3 is 20.0 Å². The molecule has 0 heterocycles. The highest BCUT2D eigenvalue weighted by molar-refractivity contribution is 6.74. The molecule has 0 bridgehead atoms. The zero-order valence-electron chi connectivity index (χ0n) is 14.8. The lowest BCUT2D eigenvalue weighted by Crippen LogP contribution is -2.60. The highest BCUT2D eigenvalue weighted by Gasteiger charge is 2.48. The fourth-order valence-electron chi connectivity index (χ4n) is 2.62. The Labute approximate surface area is 141 Å². The Morgan fingerprint density at radius 1 is 1.25 bits per heavy atom. The number of aliphatic hydroxyl groups is 2. The first kappa shape index (κ1) is 21.4. The van der Waals surface area contributed by atoms with E-state index in [0.29, 0.717) is 0 Å². The lowest BCUT2D eigenvalue weighted by Gasteiger charge is -2.46. The summed E-state index contributed by atoms with van der Waals surface area (Å²) in [6.45, 7) is 9.44. The molecule has 1 aliphatic rings. The first-order valence-corrected chi connectivity index (χ1v) is 10.9. The second-order valence-electron chi connectivity index (χ2n) is 7.98. The van der Waals surface area contributed by atoms with Crippen LogP contribution in [0.1, 0.15) is 33.6 Å². The summed E-state index contributed by atoms with van der Waals surface area (Å²) in [5.74, 6) is -2.74. The minimum Gasteiger partial charge on any atom is -0.412 e. The van der Waals surface area contributed by atoms with Crippen LogP contribution in [-0.4, -0.2) is 55.5 Å². The quantitative estimate of drug-likeness (QED) is 0.662. The van der Waals surface area contributed by atoms with Crippen LogP contribution in [0, 0.1) is 5.92 Å². The molecule has 0 aromatic carbocycles. The van der Waals surface area contributed by atoms with E-state index in [1.54, 1.807) is 0 Å². The van der Waals surface area contributed by atoms with Gasteiger partial charge in [-0.2, -0.15) is 13.2 Å². The summed E-state index contributed by atoms with van der Waals surface area (Å²) in [4.78, 5) is 11.4. The van der Waals surface area contributed by atoms with Crippen molar-refractivity contribution < 1.29 is 32.6 Å². The average molecular weight is 371 g/mol. The molecule has 1 saturated carbocycles. The van der Waals surface area contributed by atoms with Crippen molar-refractivity contribution in [1.29, 1.82) is 0 Å². The van der Waals surface area contributed by atoms with Gasteiger partial charge in [0.1, 0.15) is 0 Å². The van der Waals surface area contributed by atoms with E-state index >= 15 is 0 Å². The number of alkyl halides is 3. The summed E-state index contributed by atoms with van der Waals surface area (Å²) in [5, 5.41) is 21.3. The number of rotatable bonds is 4. The predicted molar refractivity (Wildman–Crippen MR) is 85.9 cm³/mol. The average Bonchev–Trinajstić information content (AvgIpc) is 2.38. The second-order valence-corrected chi connectivity index (χ2v) is 12.7. The third-order valence-corrected chi connectivity index (χ3v) is 9.53. The molecular formula is C15H28F3NO4Si.